The molecule has 0 unspecified atom stereocenters. The third-order valence-corrected chi connectivity index (χ3v) is 6.31. The molecule has 5 heteroatoms. The maximum Gasteiger partial charge on any atom is 0.338 e. The predicted octanol–water partition coefficient (Wildman–Crippen LogP) is 4.39. The Labute approximate surface area is 140 Å². The lowest BCUT2D eigenvalue weighted by atomic mass is 10.0. The van der Waals surface area contributed by atoms with Gasteiger partial charge >= 0.3 is 5.97 Å². The summed E-state index contributed by atoms with van der Waals surface area (Å²) in [4.78, 5) is 13.0. The first-order chi connectivity index (χ1) is 9.83. The Balaban J connectivity index is 3.05. The molecule has 0 aromatic heterocycles. The highest BCUT2D eigenvalue weighted by molar-refractivity contribution is 7.80. The zero-order valence-corrected chi connectivity index (χ0v) is 16.7. The van der Waals surface area contributed by atoms with E-state index in [1.54, 1.807) is 0 Å². The molecule has 0 aliphatic carbocycles. The van der Waals surface area contributed by atoms with Gasteiger partial charge in [-0.05, 0) is 52.4 Å². The van der Waals surface area contributed by atoms with Gasteiger partial charge in [0.15, 0.2) is 0 Å². The number of hydrogen-bond donors (Lipinski definition) is 0. The van der Waals surface area contributed by atoms with E-state index < -0.39 is 13.8 Å². The summed E-state index contributed by atoms with van der Waals surface area (Å²) in [6, 6.07) is 5.69. The van der Waals surface area contributed by atoms with Gasteiger partial charge in [0, 0.05) is 5.56 Å². The molecule has 0 aliphatic heterocycles. The van der Waals surface area contributed by atoms with E-state index in [1.165, 1.54) is 0 Å². The molecule has 0 bridgehead atoms. The average molecular weight is 338 g/mol. The van der Waals surface area contributed by atoms with Crippen molar-refractivity contribution in [3.63, 3.8) is 0 Å². The molecule has 0 fully saturated rings. The molecule has 3 nitrogen and oxygen atoms in total. The second-order valence-electron chi connectivity index (χ2n) is 7.57. The number of carbonyl (C=O) groups is 1. The molecule has 0 atom stereocenters. The highest BCUT2D eigenvalue weighted by Gasteiger charge is 2.24. The lowest BCUT2D eigenvalue weighted by molar-refractivity contribution is 0.00688. The quantitative estimate of drug-likeness (QED) is 0.465. The molecule has 0 radical (unpaired) electrons. The van der Waals surface area contributed by atoms with Crippen LogP contribution >= 0.6 is 12.2 Å². The molecule has 1 aromatic carbocycles. The van der Waals surface area contributed by atoms with E-state index in [1.807, 2.05) is 52.9 Å². The first kappa shape index (κ1) is 18.8. The largest absolute Gasteiger partial charge is 0.456 e. The molecule has 0 aliphatic rings. The fraction of sp³-hybridized carbons (Fsp3) is 0.529. The Morgan fingerprint density at radius 2 is 1.77 bits per heavy atom. The van der Waals surface area contributed by atoms with Crippen LogP contribution in [0.25, 0.3) is 0 Å². The van der Waals surface area contributed by atoms with Crippen LogP contribution in [-0.2, 0) is 4.74 Å². The van der Waals surface area contributed by atoms with Gasteiger partial charge in [-0.2, -0.15) is 0 Å². The van der Waals surface area contributed by atoms with Gasteiger partial charge in [-0.3, -0.25) is 0 Å². The van der Waals surface area contributed by atoms with E-state index >= 15 is 0 Å². The first-order valence-corrected chi connectivity index (χ1v) is 11.3. The Morgan fingerprint density at radius 1 is 1.23 bits per heavy atom. The van der Waals surface area contributed by atoms with E-state index in [2.05, 4.69) is 24.2 Å². The molecule has 0 saturated carbocycles. The van der Waals surface area contributed by atoms with Crippen LogP contribution in [0.3, 0.4) is 0 Å². The summed E-state index contributed by atoms with van der Waals surface area (Å²) in [5.41, 5.74) is 1.97. The summed E-state index contributed by atoms with van der Waals surface area (Å²) in [6.07, 6.45) is 0. The Bertz CT molecular complexity index is 585. The number of hydrogen-bond acceptors (Lipinski definition) is 3. The third kappa shape index (κ3) is 4.92. The van der Waals surface area contributed by atoms with Gasteiger partial charge in [-0.15, -0.1) is 0 Å². The zero-order chi connectivity index (χ0) is 17.3. The zero-order valence-electron chi connectivity index (χ0n) is 14.9. The highest BCUT2D eigenvalue weighted by Crippen LogP contribution is 2.19. The lowest BCUT2D eigenvalue weighted by Crippen LogP contribution is -2.46. The smallest absolute Gasteiger partial charge is 0.338 e. The number of benzene rings is 1. The van der Waals surface area contributed by atoms with Crippen LogP contribution in [0.1, 0.15) is 42.3 Å². The Morgan fingerprint density at radius 3 is 2.18 bits per heavy atom. The topological polar surface area (TPSA) is 29.5 Å². The van der Waals surface area contributed by atoms with Crippen molar-refractivity contribution < 1.29 is 9.53 Å². The fourth-order valence-electron chi connectivity index (χ4n) is 1.86. The van der Waals surface area contributed by atoms with Gasteiger partial charge in [-0.25, -0.2) is 4.79 Å². The fourth-order valence-corrected chi connectivity index (χ4v) is 3.54. The molecule has 0 N–H and O–H groups in total. The molecule has 1 aromatic rings. The summed E-state index contributed by atoms with van der Waals surface area (Å²) in [5.74, 6) is -0.291. The number of esters is 1. The van der Waals surface area contributed by atoms with Gasteiger partial charge in [-0.1, -0.05) is 37.9 Å². The summed E-state index contributed by atoms with van der Waals surface area (Å²) in [7, 11) is 0.557. The summed E-state index contributed by atoms with van der Waals surface area (Å²) >= 11 is 5.59. The van der Waals surface area contributed by atoms with E-state index in [0.29, 0.717) is 5.56 Å². The van der Waals surface area contributed by atoms with E-state index in [0.717, 1.165) is 16.1 Å². The normalized spacial score (nSPS) is 12.0. The Hall–Kier alpha value is -1.20. The van der Waals surface area contributed by atoms with Crippen molar-refractivity contribution in [1.29, 1.82) is 0 Å². The number of aryl methyl sites for hydroxylation is 1. The van der Waals surface area contributed by atoms with Crippen LogP contribution in [0.15, 0.2) is 18.2 Å². The van der Waals surface area contributed by atoms with Crippen LogP contribution < -0.4 is 0 Å². The summed E-state index contributed by atoms with van der Waals surface area (Å²) in [6.45, 7) is 14.3. The van der Waals surface area contributed by atoms with Crippen molar-refractivity contribution in [2.75, 3.05) is 7.05 Å². The molecule has 0 amide bonds. The standard InChI is InChI=1S/C17H27NO2SSi/c1-12-11-13(15(21)18(5)22(6,7)8)9-10-14(12)16(19)20-17(2,3)4/h9-11H,1-8H3. The average Bonchev–Trinajstić information content (AvgIpc) is 2.33. The molecule has 1 rings (SSSR count). The monoisotopic (exact) mass is 337 g/mol. The van der Waals surface area contributed by atoms with E-state index in [-0.39, 0.29) is 5.97 Å². The van der Waals surface area contributed by atoms with Crippen LogP contribution in [0, 0.1) is 6.92 Å². The summed E-state index contributed by atoms with van der Waals surface area (Å²) in [5, 5.41) is 0. The number of nitrogens with zero attached hydrogens (tertiary/aromatic N) is 1. The van der Waals surface area contributed by atoms with E-state index in [4.69, 9.17) is 17.0 Å². The summed E-state index contributed by atoms with van der Waals surface area (Å²) < 4.78 is 7.63. The SMILES string of the molecule is Cc1cc(C(=S)N(C)[Si](C)(C)C)ccc1C(=O)OC(C)(C)C. The van der Waals surface area contributed by atoms with Crippen LogP contribution in [0.2, 0.25) is 19.6 Å². The van der Waals surface area contributed by atoms with Gasteiger partial charge in [0.1, 0.15) is 18.8 Å². The van der Waals surface area contributed by atoms with Gasteiger partial charge in [0.25, 0.3) is 0 Å². The number of carbonyl (C=O) groups excluding carboxylic acids is 1. The van der Waals surface area contributed by atoms with Crippen molar-refractivity contribution in [2.45, 2.75) is 52.9 Å². The lowest BCUT2D eigenvalue weighted by Gasteiger charge is -2.32. The number of thiocarbonyl (C=S) groups is 1. The minimum atomic E-state index is -1.49. The van der Waals surface area contributed by atoms with E-state index in [9.17, 15) is 4.79 Å². The maximum absolute atomic E-state index is 12.2. The van der Waals surface area contributed by atoms with Crippen molar-refractivity contribution in [3.8, 4) is 0 Å². The molecule has 0 heterocycles. The highest BCUT2D eigenvalue weighted by atomic mass is 32.1. The van der Waals surface area contributed by atoms with Crippen LogP contribution in [0.4, 0.5) is 0 Å². The van der Waals surface area contributed by atoms with Crippen molar-refractivity contribution in [3.05, 3.63) is 34.9 Å². The van der Waals surface area contributed by atoms with Crippen molar-refractivity contribution >= 4 is 31.4 Å². The minimum absolute atomic E-state index is 0.291. The van der Waals surface area contributed by atoms with Gasteiger partial charge < -0.3 is 9.30 Å². The van der Waals surface area contributed by atoms with Gasteiger partial charge in [0.2, 0.25) is 0 Å². The second-order valence-corrected chi connectivity index (χ2v) is 13.0. The molecule has 0 spiro atoms. The van der Waals surface area contributed by atoms with Crippen molar-refractivity contribution in [1.82, 2.24) is 4.57 Å². The molecular formula is C17H27NO2SSi. The third-order valence-electron chi connectivity index (χ3n) is 3.40. The van der Waals surface area contributed by atoms with Gasteiger partial charge in [0.05, 0.1) is 5.56 Å². The maximum atomic E-state index is 12.2. The molecular weight excluding hydrogens is 310 g/mol. The van der Waals surface area contributed by atoms with Crippen LogP contribution in [-0.4, -0.2) is 36.4 Å². The Kier molecular flexibility index (Phi) is 5.57. The predicted molar refractivity (Wildman–Crippen MR) is 99.2 cm³/mol. The molecule has 22 heavy (non-hydrogen) atoms. The second kappa shape index (κ2) is 6.50. The molecule has 122 valence electrons. The first-order valence-electron chi connectivity index (χ1n) is 7.45. The molecule has 0 saturated heterocycles. The number of rotatable bonds is 3. The number of ether oxygens (including phenoxy) is 1. The van der Waals surface area contributed by atoms with Crippen LogP contribution in [0.5, 0.6) is 0 Å². The minimum Gasteiger partial charge on any atom is -0.456 e. The van der Waals surface area contributed by atoms with Crippen molar-refractivity contribution in [2.24, 2.45) is 0 Å².